The Balaban J connectivity index is 2.31. The van der Waals surface area contributed by atoms with Crippen molar-refractivity contribution in [1.29, 1.82) is 0 Å². The fourth-order valence-electron chi connectivity index (χ4n) is 1.72. The predicted octanol–water partition coefficient (Wildman–Crippen LogP) is 2.41. The average Bonchev–Trinajstić information content (AvgIpc) is 2.78. The molecule has 1 N–H and O–H groups in total. The maximum atomic E-state index is 12.3. The monoisotopic (exact) mass is 329 g/mol. The Labute approximate surface area is 128 Å². The molecule has 0 aliphatic carbocycles. The summed E-state index contributed by atoms with van der Waals surface area (Å²) in [5.41, 5.74) is 1.20. The van der Waals surface area contributed by atoms with E-state index >= 15 is 0 Å². The number of sulfonamides is 1. The Kier molecular flexibility index (Phi) is 4.87. The lowest BCUT2D eigenvalue weighted by Crippen LogP contribution is -2.15. The fraction of sp³-hybridized carbons (Fsp3) is 0.308. The average molecular weight is 330 g/mol. The molecule has 0 saturated heterocycles. The lowest BCUT2D eigenvalue weighted by molar-refractivity contribution is 0.134. The summed E-state index contributed by atoms with van der Waals surface area (Å²) in [5, 5.41) is -0.136. The lowest BCUT2D eigenvalue weighted by atomic mass is 10.2. The highest BCUT2D eigenvalue weighted by Gasteiger charge is 2.23. The number of aryl methyl sites for hydroxylation is 1. The Bertz CT molecular complexity index is 728. The topological polar surface area (TPSA) is 73.2 Å². The summed E-state index contributed by atoms with van der Waals surface area (Å²) in [4.78, 5) is 3.82. The van der Waals surface area contributed by atoms with Gasteiger partial charge in [0.1, 0.15) is 5.15 Å². The summed E-state index contributed by atoms with van der Waals surface area (Å²) in [6.07, 6.45) is 1.35. The van der Waals surface area contributed by atoms with Crippen LogP contribution in [-0.2, 0) is 28.4 Å². The quantitative estimate of drug-likeness (QED) is 0.883. The van der Waals surface area contributed by atoms with Gasteiger partial charge in [-0.05, 0) is 13.0 Å². The van der Waals surface area contributed by atoms with E-state index in [4.69, 9.17) is 16.3 Å². The highest BCUT2D eigenvalue weighted by Crippen LogP contribution is 2.24. The molecule has 1 aromatic heterocycles. The highest BCUT2D eigenvalue weighted by molar-refractivity contribution is 7.92. The SMILES string of the molecule is CCOCc1ccccc1NS(=O)(=O)c1ncn(C)c1Cl. The van der Waals surface area contributed by atoms with E-state index in [0.29, 0.717) is 18.9 Å². The zero-order valence-corrected chi connectivity index (χ0v) is 13.3. The standard InChI is InChI=1S/C13H16ClN3O3S/c1-3-20-8-10-6-4-5-7-11(10)16-21(18,19)13-12(14)17(2)9-15-13/h4-7,9,16H,3,8H2,1-2H3. The molecule has 6 nitrogen and oxygen atoms in total. The van der Waals surface area contributed by atoms with E-state index in [-0.39, 0.29) is 10.2 Å². The number of benzene rings is 1. The fourth-order valence-corrected chi connectivity index (χ4v) is 3.26. The van der Waals surface area contributed by atoms with Gasteiger partial charge in [0.2, 0.25) is 5.03 Å². The molecule has 0 amide bonds. The van der Waals surface area contributed by atoms with E-state index in [9.17, 15) is 8.42 Å². The van der Waals surface area contributed by atoms with Gasteiger partial charge in [-0.1, -0.05) is 29.8 Å². The van der Waals surface area contributed by atoms with Gasteiger partial charge in [0, 0.05) is 19.2 Å². The van der Waals surface area contributed by atoms with Crippen LogP contribution in [0.4, 0.5) is 5.69 Å². The Morgan fingerprint density at radius 3 is 2.71 bits per heavy atom. The van der Waals surface area contributed by atoms with Gasteiger partial charge in [-0.3, -0.25) is 4.72 Å². The minimum atomic E-state index is -3.84. The number of hydrogen-bond acceptors (Lipinski definition) is 4. The van der Waals surface area contributed by atoms with E-state index in [0.717, 1.165) is 5.56 Å². The molecule has 0 radical (unpaired) electrons. The predicted molar refractivity (Wildman–Crippen MR) is 80.8 cm³/mol. The number of hydrogen-bond donors (Lipinski definition) is 1. The van der Waals surface area contributed by atoms with Crippen molar-refractivity contribution in [2.75, 3.05) is 11.3 Å². The molecule has 0 spiro atoms. The first kappa shape index (κ1) is 15.8. The second-order valence-corrected chi connectivity index (χ2v) is 6.31. The van der Waals surface area contributed by atoms with Crippen LogP contribution in [0.15, 0.2) is 35.6 Å². The molecule has 1 aromatic carbocycles. The van der Waals surface area contributed by atoms with Gasteiger partial charge in [0.25, 0.3) is 10.0 Å². The van der Waals surface area contributed by atoms with Crippen LogP contribution in [0, 0.1) is 0 Å². The van der Waals surface area contributed by atoms with Crippen LogP contribution in [-0.4, -0.2) is 24.6 Å². The maximum absolute atomic E-state index is 12.3. The third-order valence-corrected chi connectivity index (χ3v) is 4.67. The van der Waals surface area contributed by atoms with Crippen molar-refractivity contribution in [1.82, 2.24) is 9.55 Å². The minimum absolute atomic E-state index is 0.0600. The number of rotatable bonds is 6. The molecule has 0 atom stereocenters. The normalized spacial score (nSPS) is 11.6. The van der Waals surface area contributed by atoms with Crippen LogP contribution in [0.25, 0.3) is 0 Å². The van der Waals surface area contributed by atoms with E-state index in [1.807, 2.05) is 13.0 Å². The first-order valence-electron chi connectivity index (χ1n) is 6.31. The summed E-state index contributed by atoms with van der Waals surface area (Å²) in [7, 11) is -2.22. The van der Waals surface area contributed by atoms with Gasteiger partial charge in [0.05, 0.1) is 18.6 Å². The van der Waals surface area contributed by atoms with Crippen molar-refractivity contribution < 1.29 is 13.2 Å². The molecule has 2 aromatic rings. The molecule has 2 rings (SSSR count). The Morgan fingerprint density at radius 1 is 1.38 bits per heavy atom. The Hall–Kier alpha value is -1.57. The molecule has 0 aliphatic rings. The molecule has 0 fully saturated rings. The van der Waals surface area contributed by atoms with Gasteiger partial charge in [-0.2, -0.15) is 8.42 Å². The van der Waals surface area contributed by atoms with Crippen molar-refractivity contribution in [3.63, 3.8) is 0 Å². The second-order valence-electron chi connectivity index (χ2n) is 4.35. The van der Waals surface area contributed by atoms with Crippen LogP contribution in [0.2, 0.25) is 5.15 Å². The Morgan fingerprint density at radius 2 is 2.10 bits per heavy atom. The summed E-state index contributed by atoms with van der Waals surface area (Å²) >= 11 is 5.94. The number of nitrogens with one attached hydrogen (secondary N) is 1. The zero-order chi connectivity index (χ0) is 15.5. The molecule has 0 bridgehead atoms. The van der Waals surface area contributed by atoms with Crippen LogP contribution >= 0.6 is 11.6 Å². The molecular formula is C13H16ClN3O3S. The van der Waals surface area contributed by atoms with Crippen LogP contribution < -0.4 is 4.72 Å². The van der Waals surface area contributed by atoms with E-state index in [1.54, 1.807) is 25.2 Å². The van der Waals surface area contributed by atoms with Crippen molar-refractivity contribution in [3.05, 3.63) is 41.3 Å². The van der Waals surface area contributed by atoms with E-state index in [1.165, 1.54) is 10.9 Å². The number of halogens is 1. The lowest BCUT2D eigenvalue weighted by Gasteiger charge is -2.11. The molecule has 21 heavy (non-hydrogen) atoms. The smallest absolute Gasteiger partial charge is 0.282 e. The van der Waals surface area contributed by atoms with Crippen molar-refractivity contribution in [2.45, 2.75) is 18.6 Å². The second kappa shape index (κ2) is 6.46. The van der Waals surface area contributed by atoms with E-state index in [2.05, 4.69) is 9.71 Å². The third-order valence-electron chi connectivity index (χ3n) is 2.81. The first-order valence-corrected chi connectivity index (χ1v) is 8.17. The van der Waals surface area contributed by atoms with Gasteiger partial charge < -0.3 is 9.30 Å². The van der Waals surface area contributed by atoms with Crippen LogP contribution in [0.5, 0.6) is 0 Å². The summed E-state index contributed by atoms with van der Waals surface area (Å²) in [6.45, 7) is 2.75. The number of aromatic nitrogens is 2. The van der Waals surface area contributed by atoms with Crippen LogP contribution in [0.3, 0.4) is 0 Å². The number of para-hydroxylation sites is 1. The van der Waals surface area contributed by atoms with Gasteiger partial charge >= 0.3 is 0 Å². The van der Waals surface area contributed by atoms with Gasteiger partial charge in [0.15, 0.2) is 0 Å². The number of anilines is 1. The maximum Gasteiger partial charge on any atom is 0.282 e. The van der Waals surface area contributed by atoms with Gasteiger partial charge in [-0.15, -0.1) is 0 Å². The summed E-state index contributed by atoms with van der Waals surface area (Å²) in [6, 6.07) is 7.03. The molecule has 1 heterocycles. The van der Waals surface area contributed by atoms with Crippen molar-refractivity contribution >= 4 is 27.3 Å². The molecule has 114 valence electrons. The zero-order valence-electron chi connectivity index (χ0n) is 11.7. The molecule has 0 saturated carbocycles. The minimum Gasteiger partial charge on any atom is -0.377 e. The highest BCUT2D eigenvalue weighted by atomic mass is 35.5. The number of nitrogens with zero attached hydrogens (tertiary/aromatic N) is 2. The molecule has 0 unspecified atom stereocenters. The summed E-state index contributed by atoms with van der Waals surface area (Å²) < 4.78 is 34.0. The van der Waals surface area contributed by atoms with Gasteiger partial charge in [-0.25, -0.2) is 4.98 Å². The third kappa shape index (κ3) is 3.55. The van der Waals surface area contributed by atoms with Crippen molar-refractivity contribution in [2.24, 2.45) is 7.05 Å². The molecule has 8 heteroatoms. The molecular weight excluding hydrogens is 314 g/mol. The number of ether oxygens (including phenoxy) is 1. The number of imidazole rings is 1. The molecule has 0 aliphatic heterocycles. The summed E-state index contributed by atoms with van der Waals surface area (Å²) in [5.74, 6) is 0. The van der Waals surface area contributed by atoms with Crippen molar-refractivity contribution in [3.8, 4) is 0 Å². The van der Waals surface area contributed by atoms with Crippen LogP contribution in [0.1, 0.15) is 12.5 Å². The van der Waals surface area contributed by atoms with E-state index < -0.39 is 10.0 Å². The first-order chi connectivity index (χ1) is 9.95. The largest absolute Gasteiger partial charge is 0.377 e.